The van der Waals surface area contributed by atoms with Crippen molar-refractivity contribution >= 4 is 12.0 Å². The molecule has 6 nitrogen and oxygen atoms in total. The minimum Gasteiger partial charge on any atom is -0.480 e. The topological polar surface area (TPSA) is 89.9 Å². The molecular formula is C14H26N2O4. The van der Waals surface area contributed by atoms with Gasteiger partial charge in [-0.3, -0.25) is 0 Å². The Morgan fingerprint density at radius 3 is 2.55 bits per heavy atom. The first kappa shape index (κ1) is 16.8. The molecule has 0 aromatic rings. The third-order valence-corrected chi connectivity index (χ3v) is 3.98. The van der Waals surface area contributed by atoms with E-state index >= 15 is 0 Å². The molecule has 2 atom stereocenters. The number of carboxylic acids is 1. The highest BCUT2D eigenvalue weighted by Gasteiger charge is 2.44. The minimum absolute atomic E-state index is 0.0889. The van der Waals surface area contributed by atoms with Gasteiger partial charge in [0, 0.05) is 12.6 Å². The molecule has 1 fully saturated rings. The van der Waals surface area contributed by atoms with Gasteiger partial charge in [0.25, 0.3) is 0 Å². The van der Waals surface area contributed by atoms with Gasteiger partial charge in [-0.1, -0.05) is 19.8 Å². The molecule has 0 saturated heterocycles. The fourth-order valence-corrected chi connectivity index (χ4v) is 2.89. The molecule has 1 rings (SSSR count). The molecule has 6 heteroatoms. The molecule has 0 spiro atoms. The largest absolute Gasteiger partial charge is 0.480 e. The third kappa shape index (κ3) is 3.85. The number of amides is 2. The van der Waals surface area contributed by atoms with Crippen molar-refractivity contribution in [1.82, 2.24) is 10.2 Å². The average molecular weight is 286 g/mol. The minimum atomic E-state index is -1.17. The molecule has 3 N–H and O–H groups in total. The average Bonchev–Trinajstić information content (AvgIpc) is 2.35. The summed E-state index contributed by atoms with van der Waals surface area (Å²) in [5.41, 5.74) is -1.17. The molecule has 2 amide bonds. The van der Waals surface area contributed by atoms with E-state index in [1.54, 1.807) is 0 Å². The van der Waals surface area contributed by atoms with Gasteiger partial charge in [-0.15, -0.1) is 0 Å². The van der Waals surface area contributed by atoms with E-state index in [2.05, 4.69) is 5.32 Å². The maximum atomic E-state index is 12.3. The summed E-state index contributed by atoms with van der Waals surface area (Å²) in [6.45, 7) is 5.76. The predicted octanol–water partition coefficient (Wildman–Crippen LogP) is 1.43. The summed E-state index contributed by atoms with van der Waals surface area (Å²) in [7, 11) is 0. The quantitative estimate of drug-likeness (QED) is 0.713. The summed E-state index contributed by atoms with van der Waals surface area (Å²) >= 11 is 0. The Kier molecular flexibility index (Phi) is 5.80. The number of carbonyl (C=O) groups excluding carboxylic acids is 1. The van der Waals surface area contributed by atoms with E-state index < -0.39 is 17.5 Å². The number of aliphatic carboxylic acids is 1. The van der Waals surface area contributed by atoms with Gasteiger partial charge in [0.2, 0.25) is 0 Å². The van der Waals surface area contributed by atoms with Crippen molar-refractivity contribution in [2.24, 2.45) is 5.92 Å². The standard InChI is InChI=1S/C14H26N2O4/c1-10(2)16(7-8-17)13(20)15-14(12(18)19)6-4-5-11(3)9-14/h10-11,17H,4-9H2,1-3H3,(H,15,20)(H,18,19). The summed E-state index contributed by atoms with van der Waals surface area (Å²) < 4.78 is 0. The summed E-state index contributed by atoms with van der Waals surface area (Å²) in [6, 6.07) is -0.500. The van der Waals surface area contributed by atoms with Crippen LogP contribution in [0.3, 0.4) is 0 Å². The first-order valence-electron chi connectivity index (χ1n) is 7.25. The lowest BCUT2D eigenvalue weighted by molar-refractivity contribution is -0.146. The first-order chi connectivity index (χ1) is 9.32. The molecule has 1 aliphatic rings. The molecule has 0 heterocycles. The number of hydrogen-bond donors (Lipinski definition) is 3. The number of nitrogens with one attached hydrogen (secondary N) is 1. The van der Waals surface area contributed by atoms with Gasteiger partial charge in [-0.25, -0.2) is 9.59 Å². The molecule has 1 aliphatic carbocycles. The van der Waals surface area contributed by atoms with Crippen LogP contribution in [-0.2, 0) is 4.79 Å². The van der Waals surface area contributed by atoms with Crippen molar-refractivity contribution in [3.8, 4) is 0 Å². The number of hydrogen-bond acceptors (Lipinski definition) is 3. The van der Waals surface area contributed by atoms with E-state index in [4.69, 9.17) is 5.11 Å². The Morgan fingerprint density at radius 1 is 1.45 bits per heavy atom. The summed E-state index contributed by atoms with van der Waals surface area (Å²) in [5, 5.41) is 21.2. The van der Waals surface area contributed by atoms with Crippen molar-refractivity contribution in [2.45, 2.75) is 58.0 Å². The second-order valence-corrected chi connectivity index (χ2v) is 6.03. The Morgan fingerprint density at radius 2 is 2.10 bits per heavy atom. The van der Waals surface area contributed by atoms with Crippen molar-refractivity contribution in [2.75, 3.05) is 13.2 Å². The van der Waals surface area contributed by atoms with Crippen LogP contribution in [0.4, 0.5) is 4.79 Å². The van der Waals surface area contributed by atoms with Crippen molar-refractivity contribution < 1.29 is 19.8 Å². The lowest BCUT2D eigenvalue weighted by Crippen LogP contribution is -2.60. The van der Waals surface area contributed by atoms with Gasteiger partial charge in [0.1, 0.15) is 5.54 Å². The number of carboxylic acid groups (broad SMARTS) is 1. The number of aliphatic hydroxyl groups is 1. The van der Waals surface area contributed by atoms with Crippen LogP contribution in [0.1, 0.15) is 46.5 Å². The highest BCUT2D eigenvalue weighted by molar-refractivity contribution is 5.86. The molecule has 2 unspecified atom stereocenters. The van der Waals surface area contributed by atoms with E-state index in [0.717, 1.165) is 12.8 Å². The van der Waals surface area contributed by atoms with Gasteiger partial charge in [0.15, 0.2) is 0 Å². The first-order valence-corrected chi connectivity index (χ1v) is 7.25. The number of nitrogens with zero attached hydrogens (tertiary/aromatic N) is 1. The van der Waals surface area contributed by atoms with Gasteiger partial charge in [0.05, 0.1) is 6.61 Å². The van der Waals surface area contributed by atoms with Gasteiger partial charge < -0.3 is 20.4 Å². The second-order valence-electron chi connectivity index (χ2n) is 6.03. The van der Waals surface area contributed by atoms with E-state index in [1.165, 1.54) is 4.90 Å². The lowest BCUT2D eigenvalue weighted by Gasteiger charge is -2.39. The van der Waals surface area contributed by atoms with E-state index in [0.29, 0.717) is 12.8 Å². The van der Waals surface area contributed by atoms with Crippen LogP contribution in [-0.4, -0.2) is 51.8 Å². The number of urea groups is 1. The summed E-state index contributed by atoms with van der Waals surface area (Å²) in [4.78, 5) is 25.4. The SMILES string of the molecule is CC1CCCC(NC(=O)N(CCO)C(C)C)(C(=O)O)C1. The Bertz CT molecular complexity index is 359. The normalized spacial score (nSPS) is 26.4. The van der Waals surface area contributed by atoms with Crippen LogP contribution in [0.25, 0.3) is 0 Å². The van der Waals surface area contributed by atoms with Crippen LogP contribution in [0.15, 0.2) is 0 Å². The predicted molar refractivity (Wildman–Crippen MR) is 75.5 cm³/mol. The van der Waals surface area contributed by atoms with Gasteiger partial charge in [-0.05, 0) is 32.6 Å². The molecule has 0 radical (unpaired) electrons. The van der Waals surface area contributed by atoms with Crippen LogP contribution in [0, 0.1) is 5.92 Å². The Hall–Kier alpha value is -1.30. The molecule has 0 aliphatic heterocycles. The van der Waals surface area contributed by atoms with Crippen LogP contribution < -0.4 is 5.32 Å². The fourth-order valence-electron chi connectivity index (χ4n) is 2.89. The van der Waals surface area contributed by atoms with Crippen LogP contribution >= 0.6 is 0 Å². The zero-order chi connectivity index (χ0) is 15.3. The zero-order valence-corrected chi connectivity index (χ0v) is 12.6. The maximum Gasteiger partial charge on any atom is 0.329 e. The molecule has 0 aromatic carbocycles. The number of aliphatic hydroxyl groups excluding tert-OH is 1. The lowest BCUT2D eigenvalue weighted by atomic mass is 9.76. The van der Waals surface area contributed by atoms with Crippen molar-refractivity contribution in [3.05, 3.63) is 0 Å². The number of carbonyl (C=O) groups is 2. The highest BCUT2D eigenvalue weighted by atomic mass is 16.4. The molecular weight excluding hydrogens is 260 g/mol. The van der Waals surface area contributed by atoms with Crippen LogP contribution in [0.2, 0.25) is 0 Å². The Balaban J connectivity index is 2.84. The van der Waals surface area contributed by atoms with Crippen molar-refractivity contribution in [3.63, 3.8) is 0 Å². The molecule has 0 bridgehead atoms. The third-order valence-electron chi connectivity index (χ3n) is 3.98. The zero-order valence-electron chi connectivity index (χ0n) is 12.6. The van der Waals surface area contributed by atoms with Crippen molar-refractivity contribution in [1.29, 1.82) is 0 Å². The Labute approximate surface area is 120 Å². The number of rotatable bonds is 5. The monoisotopic (exact) mass is 286 g/mol. The van der Waals surface area contributed by atoms with Gasteiger partial charge in [-0.2, -0.15) is 0 Å². The highest BCUT2D eigenvalue weighted by Crippen LogP contribution is 2.32. The second kappa shape index (κ2) is 6.92. The van der Waals surface area contributed by atoms with E-state index in [1.807, 2.05) is 20.8 Å². The molecule has 0 aromatic heterocycles. The maximum absolute atomic E-state index is 12.3. The van der Waals surface area contributed by atoms with E-state index in [9.17, 15) is 14.7 Å². The summed E-state index contributed by atoms with van der Waals surface area (Å²) in [6.07, 6.45) is 2.72. The molecule has 20 heavy (non-hydrogen) atoms. The van der Waals surface area contributed by atoms with Crippen LogP contribution in [0.5, 0.6) is 0 Å². The van der Waals surface area contributed by atoms with Gasteiger partial charge >= 0.3 is 12.0 Å². The molecule has 116 valence electrons. The fraction of sp³-hybridized carbons (Fsp3) is 0.857. The smallest absolute Gasteiger partial charge is 0.329 e. The summed E-state index contributed by atoms with van der Waals surface area (Å²) in [5.74, 6) is -0.685. The van der Waals surface area contributed by atoms with E-state index in [-0.39, 0.29) is 25.1 Å². The molecule has 1 saturated carbocycles.